The van der Waals surface area contributed by atoms with Crippen LogP contribution in [-0.4, -0.2) is 42.7 Å². The summed E-state index contributed by atoms with van der Waals surface area (Å²) in [6.07, 6.45) is -0.662. The van der Waals surface area contributed by atoms with Crippen LogP contribution < -0.4 is 10.1 Å². The third-order valence-electron chi connectivity index (χ3n) is 4.12. The second kappa shape index (κ2) is 8.73. The summed E-state index contributed by atoms with van der Waals surface area (Å²) < 4.78 is 41.2. The van der Waals surface area contributed by atoms with Gasteiger partial charge in [-0.25, -0.2) is 0 Å². The highest BCUT2D eigenvalue weighted by atomic mass is 19.4. The molecule has 1 fully saturated rings. The van der Waals surface area contributed by atoms with Crippen molar-refractivity contribution in [3.63, 3.8) is 0 Å². The number of carbonyl (C=O) groups is 2. The quantitative estimate of drug-likeness (QED) is 0.811. The first-order valence-electron chi connectivity index (χ1n) is 8.31. The van der Waals surface area contributed by atoms with E-state index in [1.54, 1.807) is 11.0 Å². The Morgan fingerprint density at radius 3 is 2.54 bits per heavy atom. The zero-order chi connectivity index (χ0) is 19.2. The van der Waals surface area contributed by atoms with E-state index in [-0.39, 0.29) is 23.1 Å². The maximum Gasteiger partial charge on any atom is 0.573 e. The third-order valence-corrected chi connectivity index (χ3v) is 4.12. The summed E-state index contributed by atoms with van der Waals surface area (Å²) in [5.41, 5.74) is 0.179. The highest BCUT2D eigenvalue weighted by Gasteiger charge is 2.31. The zero-order valence-corrected chi connectivity index (χ0v) is 14.4. The number of hydrogen-bond donors (Lipinski definition) is 1. The minimum atomic E-state index is -4.79. The number of para-hydroxylation sites is 1. The van der Waals surface area contributed by atoms with E-state index < -0.39 is 6.36 Å². The van der Waals surface area contributed by atoms with Gasteiger partial charge in [0.15, 0.2) is 0 Å². The van der Waals surface area contributed by atoms with E-state index in [0.717, 1.165) is 12.8 Å². The topological polar surface area (TPSA) is 58.6 Å². The molecule has 0 saturated carbocycles. The van der Waals surface area contributed by atoms with Crippen LogP contribution in [0.25, 0.3) is 6.08 Å². The highest BCUT2D eigenvalue weighted by molar-refractivity contribution is 5.92. The number of piperidine rings is 1. The van der Waals surface area contributed by atoms with Crippen LogP contribution in [0.4, 0.5) is 13.2 Å². The molecule has 26 heavy (non-hydrogen) atoms. The van der Waals surface area contributed by atoms with Crippen LogP contribution >= 0.6 is 0 Å². The average molecular weight is 370 g/mol. The van der Waals surface area contributed by atoms with Crippen molar-refractivity contribution in [2.75, 3.05) is 19.6 Å². The van der Waals surface area contributed by atoms with Crippen molar-refractivity contribution in [2.24, 2.45) is 5.92 Å². The Balaban J connectivity index is 1.91. The maximum atomic E-state index is 12.4. The Morgan fingerprint density at radius 2 is 1.92 bits per heavy atom. The van der Waals surface area contributed by atoms with Gasteiger partial charge in [-0.1, -0.05) is 18.2 Å². The van der Waals surface area contributed by atoms with Crippen molar-refractivity contribution in [3.8, 4) is 5.75 Å². The van der Waals surface area contributed by atoms with Crippen molar-refractivity contribution in [3.05, 3.63) is 35.9 Å². The summed E-state index contributed by atoms with van der Waals surface area (Å²) >= 11 is 0. The number of rotatable bonds is 5. The molecule has 1 saturated heterocycles. The van der Waals surface area contributed by atoms with E-state index in [1.165, 1.54) is 37.3 Å². The van der Waals surface area contributed by atoms with Crippen molar-refractivity contribution in [1.29, 1.82) is 0 Å². The van der Waals surface area contributed by atoms with Gasteiger partial charge in [-0.15, -0.1) is 13.2 Å². The number of carbonyl (C=O) groups excluding carboxylic acids is 2. The third kappa shape index (κ3) is 6.42. The lowest BCUT2D eigenvalue weighted by Gasteiger charge is -2.31. The number of benzene rings is 1. The minimum absolute atomic E-state index is 0.0776. The van der Waals surface area contributed by atoms with Gasteiger partial charge in [-0.2, -0.15) is 0 Å². The molecule has 1 N–H and O–H groups in total. The van der Waals surface area contributed by atoms with E-state index in [2.05, 4.69) is 10.1 Å². The molecule has 0 aromatic heterocycles. The summed E-state index contributed by atoms with van der Waals surface area (Å²) in [6.45, 7) is 3.15. The number of nitrogens with zero attached hydrogens (tertiary/aromatic N) is 1. The molecule has 1 aromatic rings. The van der Waals surface area contributed by atoms with E-state index in [4.69, 9.17) is 0 Å². The minimum Gasteiger partial charge on any atom is -0.405 e. The summed E-state index contributed by atoms with van der Waals surface area (Å²) in [5.74, 6) is -0.359. The molecule has 1 aliphatic rings. The summed E-state index contributed by atoms with van der Waals surface area (Å²) in [7, 11) is 0. The molecule has 0 radical (unpaired) electrons. The first-order chi connectivity index (χ1) is 12.2. The molecular weight excluding hydrogens is 349 g/mol. The van der Waals surface area contributed by atoms with Gasteiger partial charge >= 0.3 is 6.36 Å². The van der Waals surface area contributed by atoms with Crippen LogP contribution in [0.3, 0.4) is 0 Å². The fourth-order valence-corrected chi connectivity index (χ4v) is 2.75. The highest BCUT2D eigenvalue weighted by Crippen LogP contribution is 2.27. The van der Waals surface area contributed by atoms with Gasteiger partial charge in [0.1, 0.15) is 5.75 Å². The Hall–Kier alpha value is -2.51. The molecule has 0 spiro atoms. The lowest BCUT2D eigenvalue weighted by molar-refractivity contribution is -0.274. The van der Waals surface area contributed by atoms with E-state index in [9.17, 15) is 22.8 Å². The van der Waals surface area contributed by atoms with E-state index in [1.807, 2.05) is 0 Å². The number of halogens is 3. The van der Waals surface area contributed by atoms with Crippen LogP contribution in [0.5, 0.6) is 5.75 Å². The molecular formula is C18H21F3N2O3. The standard InChI is InChI=1S/C18H21F3N2O3/c1-13(24)22-12-14-8-10-23(11-9-14)17(25)7-6-15-4-2-3-5-16(15)26-18(19,20)21/h2-7,14H,8-12H2,1H3,(H,22,24). The SMILES string of the molecule is CC(=O)NCC1CCN(C(=O)C=Cc2ccccc2OC(F)(F)F)CC1. The lowest BCUT2D eigenvalue weighted by atomic mass is 9.96. The second-order valence-electron chi connectivity index (χ2n) is 6.12. The normalized spacial score (nSPS) is 15.9. The molecule has 1 aliphatic heterocycles. The molecule has 1 heterocycles. The van der Waals surface area contributed by atoms with Gasteiger partial charge in [-0.05, 0) is 30.9 Å². The largest absolute Gasteiger partial charge is 0.573 e. The molecule has 0 unspecified atom stereocenters. The molecule has 2 amide bonds. The lowest BCUT2D eigenvalue weighted by Crippen LogP contribution is -2.40. The number of alkyl halides is 3. The zero-order valence-electron chi connectivity index (χ0n) is 14.4. The fourth-order valence-electron chi connectivity index (χ4n) is 2.75. The summed E-state index contributed by atoms with van der Waals surface area (Å²) in [5, 5.41) is 2.77. The molecule has 0 aliphatic carbocycles. The second-order valence-corrected chi connectivity index (χ2v) is 6.12. The van der Waals surface area contributed by atoms with Crippen molar-refractivity contribution in [2.45, 2.75) is 26.1 Å². The number of hydrogen-bond acceptors (Lipinski definition) is 3. The maximum absolute atomic E-state index is 12.4. The first kappa shape index (κ1) is 19.8. The smallest absolute Gasteiger partial charge is 0.405 e. The Kier molecular flexibility index (Phi) is 6.65. The number of nitrogens with one attached hydrogen (secondary N) is 1. The molecule has 5 nitrogen and oxygen atoms in total. The molecule has 1 aromatic carbocycles. The average Bonchev–Trinajstić information content (AvgIpc) is 2.58. The van der Waals surface area contributed by atoms with Gasteiger partial charge in [0.2, 0.25) is 11.8 Å². The van der Waals surface area contributed by atoms with Crippen LogP contribution in [-0.2, 0) is 9.59 Å². The van der Waals surface area contributed by atoms with Gasteiger partial charge in [0.25, 0.3) is 0 Å². The van der Waals surface area contributed by atoms with Crippen molar-refractivity contribution < 1.29 is 27.5 Å². The number of ether oxygens (including phenoxy) is 1. The number of amides is 2. The van der Waals surface area contributed by atoms with Crippen molar-refractivity contribution >= 4 is 17.9 Å². The van der Waals surface area contributed by atoms with Gasteiger partial charge in [0.05, 0.1) is 0 Å². The Bertz CT molecular complexity index is 666. The first-order valence-corrected chi connectivity index (χ1v) is 8.31. The fraction of sp³-hybridized carbons (Fsp3) is 0.444. The summed E-state index contributed by atoms with van der Waals surface area (Å²) in [4.78, 5) is 24.8. The molecule has 0 atom stereocenters. The Labute approximate surface area is 149 Å². The van der Waals surface area contributed by atoms with Crippen LogP contribution in [0, 0.1) is 5.92 Å². The van der Waals surface area contributed by atoms with Gasteiger partial charge < -0.3 is 15.0 Å². The van der Waals surface area contributed by atoms with E-state index >= 15 is 0 Å². The van der Waals surface area contributed by atoms with Gasteiger partial charge in [-0.3, -0.25) is 9.59 Å². The van der Waals surface area contributed by atoms with Gasteiger partial charge in [0, 0.05) is 38.2 Å². The predicted octanol–water partition coefficient (Wildman–Crippen LogP) is 2.97. The Morgan fingerprint density at radius 1 is 1.27 bits per heavy atom. The van der Waals surface area contributed by atoms with Crippen LogP contribution in [0.1, 0.15) is 25.3 Å². The molecule has 142 valence electrons. The molecule has 8 heteroatoms. The molecule has 0 bridgehead atoms. The van der Waals surface area contributed by atoms with Crippen LogP contribution in [0.15, 0.2) is 30.3 Å². The molecule has 2 rings (SSSR count). The monoisotopic (exact) mass is 370 g/mol. The predicted molar refractivity (Wildman–Crippen MR) is 90.1 cm³/mol. The summed E-state index contributed by atoms with van der Waals surface area (Å²) in [6, 6.07) is 5.65. The van der Waals surface area contributed by atoms with Crippen LogP contribution in [0.2, 0.25) is 0 Å². The van der Waals surface area contributed by atoms with E-state index in [0.29, 0.717) is 25.6 Å². The number of likely N-dealkylation sites (tertiary alicyclic amines) is 1. The van der Waals surface area contributed by atoms with Crippen molar-refractivity contribution in [1.82, 2.24) is 10.2 Å².